The van der Waals surface area contributed by atoms with Crippen LogP contribution in [-0.4, -0.2) is 28.3 Å². The molecule has 0 unspecified atom stereocenters. The zero-order chi connectivity index (χ0) is 13.8. The monoisotopic (exact) mass is 257 g/mol. The number of hydrogen-bond donors (Lipinski definition) is 0. The molecule has 0 amide bonds. The van der Waals surface area contributed by atoms with E-state index in [4.69, 9.17) is 0 Å². The Labute approximate surface area is 115 Å². The van der Waals surface area contributed by atoms with Gasteiger partial charge in [-0.05, 0) is 36.5 Å². The van der Waals surface area contributed by atoms with Crippen molar-refractivity contribution in [3.63, 3.8) is 0 Å². The summed E-state index contributed by atoms with van der Waals surface area (Å²) in [6, 6.07) is 0. The highest BCUT2D eigenvalue weighted by Gasteiger charge is 2.14. The van der Waals surface area contributed by atoms with Gasteiger partial charge in [-0.3, -0.25) is 4.68 Å². The molecule has 0 saturated carbocycles. The van der Waals surface area contributed by atoms with E-state index in [1.807, 2.05) is 24.0 Å². The van der Waals surface area contributed by atoms with E-state index in [1.165, 1.54) is 28.8 Å². The molecule has 1 aromatic heterocycles. The minimum absolute atomic E-state index is 1.02. The van der Waals surface area contributed by atoms with Crippen molar-refractivity contribution < 1.29 is 0 Å². The van der Waals surface area contributed by atoms with Crippen LogP contribution in [0.15, 0.2) is 42.4 Å². The standard InChI is InChI=1S/C16H23N3/c1-5-13(15-11-17-19(4)12-15)10-14-8-7-9-18(3)16(14)6-2/h6,10-12H,2,5,7-9H2,1,3-4H3/b13-10+. The smallest absolute Gasteiger partial charge is 0.0564 e. The van der Waals surface area contributed by atoms with Crippen molar-refractivity contribution in [1.29, 1.82) is 0 Å². The van der Waals surface area contributed by atoms with Gasteiger partial charge in [-0.25, -0.2) is 0 Å². The minimum atomic E-state index is 1.02. The molecule has 2 rings (SSSR count). The van der Waals surface area contributed by atoms with Crippen LogP contribution in [0.5, 0.6) is 0 Å². The fraction of sp³-hybridized carbons (Fsp3) is 0.438. The molecule has 3 heteroatoms. The number of rotatable bonds is 4. The summed E-state index contributed by atoms with van der Waals surface area (Å²) in [5.41, 5.74) is 5.22. The Morgan fingerprint density at radius 1 is 1.47 bits per heavy atom. The lowest BCUT2D eigenvalue weighted by molar-refractivity contribution is 0.394. The second kappa shape index (κ2) is 5.91. The van der Waals surface area contributed by atoms with E-state index in [-0.39, 0.29) is 0 Å². The highest BCUT2D eigenvalue weighted by Crippen LogP contribution is 2.27. The zero-order valence-corrected chi connectivity index (χ0v) is 12.2. The van der Waals surface area contributed by atoms with Crippen LogP contribution in [0, 0.1) is 0 Å². The second-order valence-corrected chi connectivity index (χ2v) is 5.07. The van der Waals surface area contributed by atoms with E-state index >= 15 is 0 Å². The Bertz CT molecular complexity index is 520. The quantitative estimate of drug-likeness (QED) is 0.824. The number of likely N-dealkylation sites (N-methyl/N-ethyl adjacent to an activating group) is 1. The molecule has 102 valence electrons. The van der Waals surface area contributed by atoms with Gasteiger partial charge in [-0.1, -0.05) is 19.6 Å². The van der Waals surface area contributed by atoms with Crippen LogP contribution in [0.25, 0.3) is 5.57 Å². The summed E-state index contributed by atoms with van der Waals surface area (Å²) in [4.78, 5) is 2.29. The zero-order valence-electron chi connectivity index (χ0n) is 12.2. The highest BCUT2D eigenvalue weighted by molar-refractivity contribution is 5.67. The first kappa shape index (κ1) is 13.7. The molecular formula is C16H23N3. The summed E-state index contributed by atoms with van der Waals surface area (Å²) in [7, 11) is 4.10. The minimum Gasteiger partial charge on any atom is -0.374 e. The van der Waals surface area contributed by atoms with Crippen molar-refractivity contribution in [3.05, 3.63) is 48.0 Å². The molecule has 1 aromatic rings. The summed E-state index contributed by atoms with van der Waals surface area (Å²) in [5.74, 6) is 0. The van der Waals surface area contributed by atoms with Crippen LogP contribution in [0.1, 0.15) is 31.7 Å². The van der Waals surface area contributed by atoms with Crippen LogP contribution in [0.2, 0.25) is 0 Å². The first-order valence-corrected chi connectivity index (χ1v) is 6.92. The van der Waals surface area contributed by atoms with Crippen LogP contribution in [-0.2, 0) is 7.05 Å². The van der Waals surface area contributed by atoms with Gasteiger partial charge in [-0.15, -0.1) is 0 Å². The largest absolute Gasteiger partial charge is 0.374 e. The molecule has 1 aliphatic heterocycles. The maximum Gasteiger partial charge on any atom is 0.0564 e. The molecule has 3 nitrogen and oxygen atoms in total. The lowest BCUT2D eigenvalue weighted by Gasteiger charge is -2.28. The lowest BCUT2D eigenvalue weighted by atomic mass is 9.97. The molecule has 0 aliphatic carbocycles. The molecule has 0 atom stereocenters. The van der Waals surface area contributed by atoms with Crippen LogP contribution in [0.4, 0.5) is 0 Å². The van der Waals surface area contributed by atoms with Gasteiger partial charge >= 0.3 is 0 Å². The van der Waals surface area contributed by atoms with Crippen molar-refractivity contribution in [2.45, 2.75) is 26.2 Å². The van der Waals surface area contributed by atoms with Gasteiger partial charge in [0.25, 0.3) is 0 Å². The Morgan fingerprint density at radius 2 is 2.26 bits per heavy atom. The van der Waals surface area contributed by atoms with E-state index in [2.05, 4.69) is 42.8 Å². The molecule has 0 fully saturated rings. The molecule has 0 saturated heterocycles. The van der Waals surface area contributed by atoms with Crippen molar-refractivity contribution in [1.82, 2.24) is 14.7 Å². The normalized spacial score (nSPS) is 17.0. The summed E-state index contributed by atoms with van der Waals surface area (Å²) in [6.45, 7) is 7.26. The molecule has 19 heavy (non-hydrogen) atoms. The van der Waals surface area contributed by atoms with Gasteiger partial charge in [0, 0.05) is 38.1 Å². The summed E-state index contributed by atoms with van der Waals surface area (Å²) < 4.78 is 1.86. The van der Waals surface area contributed by atoms with E-state index in [0.29, 0.717) is 0 Å². The lowest BCUT2D eigenvalue weighted by Crippen LogP contribution is -2.23. The predicted octanol–water partition coefficient (Wildman–Crippen LogP) is 3.38. The number of allylic oxidation sites excluding steroid dienone is 4. The first-order chi connectivity index (χ1) is 9.15. The molecule has 1 aliphatic rings. The number of aryl methyl sites for hydroxylation is 1. The van der Waals surface area contributed by atoms with Gasteiger partial charge in [0.2, 0.25) is 0 Å². The van der Waals surface area contributed by atoms with Gasteiger partial charge < -0.3 is 4.90 Å². The second-order valence-electron chi connectivity index (χ2n) is 5.07. The van der Waals surface area contributed by atoms with Gasteiger partial charge in [0.15, 0.2) is 0 Å². The fourth-order valence-corrected chi connectivity index (χ4v) is 2.62. The average Bonchev–Trinajstić information content (AvgIpc) is 2.82. The number of aromatic nitrogens is 2. The predicted molar refractivity (Wildman–Crippen MR) is 80.6 cm³/mol. The maximum absolute atomic E-state index is 4.26. The van der Waals surface area contributed by atoms with Crippen molar-refractivity contribution >= 4 is 5.57 Å². The van der Waals surface area contributed by atoms with Gasteiger partial charge in [0.1, 0.15) is 0 Å². The van der Waals surface area contributed by atoms with Crippen molar-refractivity contribution in [2.24, 2.45) is 7.05 Å². The van der Waals surface area contributed by atoms with Crippen molar-refractivity contribution in [2.75, 3.05) is 13.6 Å². The van der Waals surface area contributed by atoms with E-state index in [1.54, 1.807) is 0 Å². The molecular weight excluding hydrogens is 234 g/mol. The third kappa shape index (κ3) is 2.98. The Hall–Kier alpha value is -1.77. The van der Waals surface area contributed by atoms with Crippen molar-refractivity contribution in [3.8, 4) is 0 Å². The SMILES string of the molecule is C=CC1=C(/C=C(\CC)c2cnn(C)c2)CCCN1C. The molecule has 0 aromatic carbocycles. The van der Waals surface area contributed by atoms with Gasteiger partial charge in [0.05, 0.1) is 6.20 Å². The van der Waals surface area contributed by atoms with Crippen LogP contribution >= 0.6 is 0 Å². The van der Waals surface area contributed by atoms with Gasteiger partial charge in [-0.2, -0.15) is 5.10 Å². The Morgan fingerprint density at radius 3 is 2.84 bits per heavy atom. The topological polar surface area (TPSA) is 21.1 Å². The van der Waals surface area contributed by atoms with E-state index in [9.17, 15) is 0 Å². The molecule has 0 radical (unpaired) electrons. The Kier molecular flexibility index (Phi) is 4.25. The van der Waals surface area contributed by atoms with E-state index < -0.39 is 0 Å². The highest BCUT2D eigenvalue weighted by atomic mass is 15.2. The average molecular weight is 257 g/mol. The van der Waals surface area contributed by atoms with E-state index in [0.717, 1.165) is 19.4 Å². The summed E-state index contributed by atoms with van der Waals surface area (Å²) >= 11 is 0. The fourth-order valence-electron chi connectivity index (χ4n) is 2.62. The summed E-state index contributed by atoms with van der Waals surface area (Å²) in [6.07, 6.45) is 11.7. The number of nitrogens with zero attached hydrogens (tertiary/aromatic N) is 3. The maximum atomic E-state index is 4.26. The Balaban J connectivity index is 2.39. The molecule has 0 bridgehead atoms. The summed E-state index contributed by atoms with van der Waals surface area (Å²) in [5, 5.41) is 4.26. The molecule has 0 N–H and O–H groups in total. The van der Waals surface area contributed by atoms with Crippen LogP contribution < -0.4 is 0 Å². The third-order valence-corrected chi connectivity index (χ3v) is 3.68. The molecule has 2 heterocycles. The third-order valence-electron chi connectivity index (χ3n) is 3.68. The van der Waals surface area contributed by atoms with Crippen LogP contribution in [0.3, 0.4) is 0 Å². The molecule has 0 spiro atoms. The number of hydrogen-bond acceptors (Lipinski definition) is 2. The first-order valence-electron chi connectivity index (χ1n) is 6.92.